The smallest absolute Gasteiger partial charge is 0.238 e. The molecule has 4 nitrogen and oxygen atoms in total. The van der Waals surface area contributed by atoms with E-state index < -0.39 is 6.04 Å². The Morgan fingerprint density at radius 3 is 2.67 bits per heavy atom. The van der Waals surface area contributed by atoms with Gasteiger partial charge >= 0.3 is 0 Å². The highest BCUT2D eigenvalue weighted by atomic mass is 16.2. The van der Waals surface area contributed by atoms with Crippen LogP contribution >= 0.6 is 0 Å². The molecule has 0 aliphatic carbocycles. The van der Waals surface area contributed by atoms with Crippen molar-refractivity contribution in [3.05, 3.63) is 0 Å². The van der Waals surface area contributed by atoms with Crippen LogP contribution in [-0.2, 0) is 4.79 Å². The number of hydrogen-bond acceptors (Lipinski definition) is 3. The van der Waals surface area contributed by atoms with Gasteiger partial charge in [0, 0.05) is 13.1 Å². The van der Waals surface area contributed by atoms with Gasteiger partial charge in [0.05, 0.1) is 6.04 Å². The second-order valence-electron chi connectivity index (χ2n) is 1.74. The van der Waals surface area contributed by atoms with Gasteiger partial charge in [-0.25, -0.2) is 0 Å². The molecule has 0 saturated carbocycles. The molecule has 0 radical (unpaired) electrons. The number of nitrogens with two attached hydrogens (primary N) is 2. The Morgan fingerprint density at radius 1 is 1.78 bits per heavy atom. The second kappa shape index (κ2) is 4.29. The summed E-state index contributed by atoms with van der Waals surface area (Å²) in [5.74, 6) is -0.181. The molecule has 0 aliphatic heterocycles. The van der Waals surface area contributed by atoms with Gasteiger partial charge in [-0.3, -0.25) is 4.79 Å². The van der Waals surface area contributed by atoms with E-state index in [-0.39, 0.29) is 12.5 Å². The molecule has 0 aromatic heterocycles. The molecule has 0 unspecified atom stereocenters. The normalized spacial score (nSPS) is 12.8. The summed E-state index contributed by atoms with van der Waals surface area (Å²) in [4.78, 5) is 10.7. The zero-order valence-corrected chi connectivity index (χ0v) is 5.55. The molecule has 1 amide bonds. The highest BCUT2D eigenvalue weighted by Gasteiger charge is 2.07. The van der Waals surface area contributed by atoms with Gasteiger partial charge in [0.1, 0.15) is 0 Å². The number of carbonyl (C=O) groups excluding carboxylic acids is 1. The van der Waals surface area contributed by atoms with E-state index in [1.807, 2.05) is 6.92 Å². The van der Waals surface area contributed by atoms with Crippen molar-refractivity contribution < 1.29 is 4.79 Å². The lowest BCUT2D eigenvalue weighted by Crippen LogP contribution is -2.45. The van der Waals surface area contributed by atoms with E-state index in [9.17, 15) is 4.79 Å². The fourth-order valence-electron chi connectivity index (χ4n) is 0.412. The summed E-state index contributed by atoms with van der Waals surface area (Å²) in [6, 6.07) is -0.551. The molecule has 0 spiro atoms. The molecule has 0 fully saturated rings. The molecule has 4 heteroatoms. The van der Waals surface area contributed by atoms with Gasteiger partial charge in [-0.1, -0.05) is 0 Å². The second-order valence-corrected chi connectivity index (χ2v) is 1.74. The maximum Gasteiger partial charge on any atom is 0.238 e. The molecule has 0 heterocycles. The topological polar surface area (TPSA) is 81.1 Å². The first-order valence-corrected chi connectivity index (χ1v) is 2.95. The Labute approximate surface area is 54.6 Å². The van der Waals surface area contributed by atoms with Crippen molar-refractivity contribution in [2.45, 2.75) is 13.0 Å². The van der Waals surface area contributed by atoms with Crippen LogP contribution in [0.15, 0.2) is 0 Å². The van der Waals surface area contributed by atoms with Crippen molar-refractivity contribution in [3.8, 4) is 0 Å². The number of nitrogens with one attached hydrogen (secondary N) is 1. The minimum Gasteiger partial charge on any atom is -0.355 e. The highest BCUT2D eigenvalue weighted by Crippen LogP contribution is 1.71. The van der Waals surface area contributed by atoms with Crippen LogP contribution < -0.4 is 16.8 Å². The summed E-state index contributed by atoms with van der Waals surface area (Å²) >= 11 is 0. The van der Waals surface area contributed by atoms with Crippen LogP contribution in [0.2, 0.25) is 0 Å². The van der Waals surface area contributed by atoms with E-state index >= 15 is 0 Å². The van der Waals surface area contributed by atoms with Crippen LogP contribution in [-0.4, -0.2) is 25.0 Å². The lowest BCUT2D eigenvalue weighted by Gasteiger charge is -2.06. The minimum atomic E-state index is -0.551. The van der Waals surface area contributed by atoms with Crippen molar-refractivity contribution in [1.82, 2.24) is 5.32 Å². The maximum atomic E-state index is 10.7. The third-order valence-electron chi connectivity index (χ3n) is 0.942. The summed E-state index contributed by atoms with van der Waals surface area (Å²) in [7, 11) is 0. The van der Waals surface area contributed by atoms with E-state index in [1.165, 1.54) is 0 Å². The Balaban J connectivity index is 3.46. The number of amides is 1. The molecule has 0 aliphatic rings. The summed E-state index contributed by atoms with van der Waals surface area (Å²) in [6.07, 6.45) is 0. The lowest BCUT2D eigenvalue weighted by atomic mass is 10.3. The van der Waals surface area contributed by atoms with Crippen LogP contribution in [0, 0.1) is 0 Å². The molecule has 54 valence electrons. The average Bonchev–Trinajstić information content (AvgIpc) is 1.87. The van der Waals surface area contributed by atoms with Crippen molar-refractivity contribution in [2.24, 2.45) is 11.5 Å². The average molecular weight is 131 g/mol. The molecular weight excluding hydrogens is 118 g/mol. The van der Waals surface area contributed by atoms with Gasteiger partial charge < -0.3 is 16.8 Å². The summed E-state index contributed by atoms with van der Waals surface area (Å²) in [5, 5.41) is 2.55. The first-order chi connectivity index (χ1) is 4.22. The van der Waals surface area contributed by atoms with Gasteiger partial charge in [0.2, 0.25) is 5.91 Å². The zero-order valence-electron chi connectivity index (χ0n) is 5.55. The quantitative estimate of drug-likeness (QED) is 0.432. The third-order valence-corrected chi connectivity index (χ3v) is 0.942. The molecule has 9 heavy (non-hydrogen) atoms. The summed E-state index contributed by atoms with van der Waals surface area (Å²) in [6.45, 7) is 2.64. The van der Waals surface area contributed by atoms with Gasteiger partial charge in [-0.15, -0.1) is 0 Å². The van der Waals surface area contributed by atoms with Crippen LogP contribution in [0.1, 0.15) is 6.92 Å². The molecule has 0 aromatic rings. The molecule has 5 N–H and O–H groups in total. The zero-order chi connectivity index (χ0) is 7.28. The van der Waals surface area contributed by atoms with Crippen LogP contribution in [0.4, 0.5) is 0 Å². The highest BCUT2D eigenvalue weighted by molar-refractivity contribution is 5.81. The summed E-state index contributed by atoms with van der Waals surface area (Å²) in [5.41, 5.74) is 10.4. The van der Waals surface area contributed by atoms with Crippen molar-refractivity contribution >= 4 is 5.91 Å². The Morgan fingerprint density at radius 2 is 2.33 bits per heavy atom. The number of carbonyl (C=O) groups is 1. The van der Waals surface area contributed by atoms with Crippen LogP contribution in [0.25, 0.3) is 0 Å². The molecule has 0 aromatic carbocycles. The van der Waals surface area contributed by atoms with E-state index in [0.717, 1.165) is 0 Å². The SMILES string of the molecule is CCNC(=O)[C@@H](N)CN. The molecule has 0 saturated heterocycles. The first-order valence-electron chi connectivity index (χ1n) is 2.95. The van der Waals surface area contributed by atoms with Gasteiger partial charge in [0.25, 0.3) is 0 Å². The Kier molecular flexibility index (Phi) is 4.00. The molecule has 0 bridgehead atoms. The predicted molar refractivity (Wildman–Crippen MR) is 35.7 cm³/mol. The largest absolute Gasteiger partial charge is 0.355 e. The number of hydrogen-bond donors (Lipinski definition) is 3. The predicted octanol–water partition coefficient (Wildman–Crippen LogP) is -1.59. The summed E-state index contributed by atoms with van der Waals surface area (Å²) < 4.78 is 0. The standard InChI is InChI=1S/C5H13N3O/c1-2-8-5(9)4(7)3-6/h4H,2-3,6-7H2,1H3,(H,8,9)/t4-/m0/s1. The third kappa shape index (κ3) is 3.05. The maximum absolute atomic E-state index is 10.7. The Hall–Kier alpha value is -0.610. The fourth-order valence-corrected chi connectivity index (χ4v) is 0.412. The fraction of sp³-hybridized carbons (Fsp3) is 0.800. The van der Waals surface area contributed by atoms with Crippen molar-refractivity contribution in [2.75, 3.05) is 13.1 Å². The number of likely N-dealkylation sites (N-methyl/N-ethyl adjacent to an activating group) is 1. The van der Waals surface area contributed by atoms with Crippen molar-refractivity contribution in [3.63, 3.8) is 0 Å². The van der Waals surface area contributed by atoms with E-state index in [1.54, 1.807) is 0 Å². The minimum absolute atomic E-state index is 0.181. The first kappa shape index (κ1) is 8.39. The molecular formula is C5H13N3O. The Bertz CT molecular complexity index is 94.2. The lowest BCUT2D eigenvalue weighted by molar-refractivity contribution is -0.122. The number of rotatable bonds is 3. The molecule has 0 rings (SSSR count). The van der Waals surface area contributed by atoms with Crippen LogP contribution in [0.3, 0.4) is 0 Å². The van der Waals surface area contributed by atoms with E-state index in [4.69, 9.17) is 11.5 Å². The monoisotopic (exact) mass is 131 g/mol. The van der Waals surface area contributed by atoms with Crippen LogP contribution in [0.5, 0.6) is 0 Å². The van der Waals surface area contributed by atoms with E-state index in [0.29, 0.717) is 6.54 Å². The van der Waals surface area contributed by atoms with Gasteiger partial charge in [0.15, 0.2) is 0 Å². The van der Waals surface area contributed by atoms with Gasteiger partial charge in [-0.05, 0) is 6.92 Å². The molecule has 1 atom stereocenters. The van der Waals surface area contributed by atoms with Gasteiger partial charge in [-0.2, -0.15) is 0 Å². The van der Waals surface area contributed by atoms with Crippen molar-refractivity contribution in [1.29, 1.82) is 0 Å². The van der Waals surface area contributed by atoms with E-state index in [2.05, 4.69) is 5.32 Å².